The van der Waals surface area contributed by atoms with E-state index in [4.69, 9.17) is 21.1 Å². The highest BCUT2D eigenvalue weighted by Gasteiger charge is 2.07. The minimum absolute atomic E-state index is 0.443. The third-order valence-corrected chi connectivity index (χ3v) is 4.02. The highest BCUT2D eigenvalue weighted by atomic mass is 35.5. The van der Waals surface area contributed by atoms with Gasteiger partial charge < -0.3 is 14.8 Å². The van der Waals surface area contributed by atoms with E-state index in [2.05, 4.69) is 5.32 Å². The van der Waals surface area contributed by atoms with Crippen LogP contribution < -0.4 is 14.8 Å². The van der Waals surface area contributed by atoms with Crippen molar-refractivity contribution in [1.82, 2.24) is 0 Å². The number of hydrogen-bond donors (Lipinski definition) is 1. The van der Waals surface area contributed by atoms with Crippen LogP contribution in [0.15, 0.2) is 72.8 Å². The van der Waals surface area contributed by atoms with Crippen molar-refractivity contribution in [3.63, 3.8) is 0 Å². The van der Waals surface area contributed by atoms with Crippen molar-refractivity contribution in [2.75, 3.05) is 12.4 Å². The standard InChI is InChI=1S/C21H20ClNO2/c1-24-21-13-16(14-23-19-8-3-2-4-9-19)10-11-20(21)25-15-17-6-5-7-18(22)12-17/h2-13,23H,14-15H2,1H3. The molecular weight excluding hydrogens is 334 g/mol. The van der Waals surface area contributed by atoms with E-state index in [1.807, 2.05) is 72.8 Å². The van der Waals surface area contributed by atoms with Crippen LogP contribution in [0.5, 0.6) is 11.5 Å². The minimum Gasteiger partial charge on any atom is -0.493 e. The summed E-state index contributed by atoms with van der Waals surface area (Å²) in [6.45, 7) is 1.16. The molecule has 0 heterocycles. The summed E-state index contributed by atoms with van der Waals surface area (Å²) < 4.78 is 11.4. The van der Waals surface area contributed by atoms with E-state index in [1.54, 1.807) is 7.11 Å². The maximum absolute atomic E-state index is 6.00. The Morgan fingerprint density at radius 3 is 2.44 bits per heavy atom. The minimum atomic E-state index is 0.443. The van der Waals surface area contributed by atoms with E-state index < -0.39 is 0 Å². The second-order valence-electron chi connectivity index (χ2n) is 5.62. The topological polar surface area (TPSA) is 30.5 Å². The Hall–Kier alpha value is -2.65. The van der Waals surface area contributed by atoms with E-state index in [1.165, 1.54) is 0 Å². The number of para-hydroxylation sites is 1. The van der Waals surface area contributed by atoms with Gasteiger partial charge in [0.25, 0.3) is 0 Å². The van der Waals surface area contributed by atoms with Gasteiger partial charge in [-0.15, -0.1) is 0 Å². The van der Waals surface area contributed by atoms with Crippen LogP contribution in [0.1, 0.15) is 11.1 Å². The number of halogens is 1. The molecule has 0 fully saturated rings. The highest BCUT2D eigenvalue weighted by molar-refractivity contribution is 6.30. The van der Waals surface area contributed by atoms with E-state index in [0.29, 0.717) is 17.4 Å². The summed E-state index contributed by atoms with van der Waals surface area (Å²) in [4.78, 5) is 0. The van der Waals surface area contributed by atoms with Gasteiger partial charge in [0.05, 0.1) is 7.11 Å². The molecule has 0 spiro atoms. The third-order valence-electron chi connectivity index (χ3n) is 3.78. The zero-order chi connectivity index (χ0) is 17.5. The second kappa shape index (κ2) is 8.45. The van der Waals surface area contributed by atoms with Crippen LogP contribution in [-0.2, 0) is 13.2 Å². The summed E-state index contributed by atoms with van der Waals surface area (Å²) in [5, 5.41) is 4.09. The molecule has 3 nitrogen and oxygen atoms in total. The Morgan fingerprint density at radius 2 is 1.68 bits per heavy atom. The molecule has 0 aliphatic rings. The molecule has 0 aliphatic heterocycles. The molecule has 3 aromatic carbocycles. The quantitative estimate of drug-likeness (QED) is 0.605. The molecule has 128 valence electrons. The summed E-state index contributed by atoms with van der Waals surface area (Å²) in [5.41, 5.74) is 3.22. The Kier molecular flexibility index (Phi) is 5.81. The van der Waals surface area contributed by atoms with Gasteiger partial charge in [-0.25, -0.2) is 0 Å². The zero-order valence-corrected chi connectivity index (χ0v) is 14.8. The number of hydrogen-bond acceptors (Lipinski definition) is 3. The number of rotatable bonds is 7. The first-order valence-corrected chi connectivity index (χ1v) is 8.45. The zero-order valence-electron chi connectivity index (χ0n) is 14.0. The molecule has 0 saturated heterocycles. The summed E-state index contributed by atoms with van der Waals surface area (Å²) in [6.07, 6.45) is 0. The van der Waals surface area contributed by atoms with Gasteiger partial charge in [0.1, 0.15) is 6.61 Å². The van der Waals surface area contributed by atoms with Crippen LogP contribution in [0.25, 0.3) is 0 Å². The van der Waals surface area contributed by atoms with Crippen molar-refractivity contribution in [2.24, 2.45) is 0 Å². The molecular formula is C21H20ClNO2. The molecule has 4 heteroatoms. The summed E-state index contributed by atoms with van der Waals surface area (Å²) >= 11 is 6.00. The fourth-order valence-electron chi connectivity index (χ4n) is 2.49. The first kappa shape index (κ1) is 17.2. The maximum Gasteiger partial charge on any atom is 0.161 e. The van der Waals surface area contributed by atoms with Crippen molar-refractivity contribution in [3.8, 4) is 11.5 Å². The molecule has 0 aromatic heterocycles. The fraction of sp³-hybridized carbons (Fsp3) is 0.143. The number of nitrogens with one attached hydrogen (secondary N) is 1. The molecule has 0 amide bonds. The van der Waals surface area contributed by atoms with E-state index >= 15 is 0 Å². The van der Waals surface area contributed by atoms with Crippen molar-refractivity contribution >= 4 is 17.3 Å². The maximum atomic E-state index is 6.00. The van der Waals surface area contributed by atoms with Gasteiger partial charge in [-0.3, -0.25) is 0 Å². The lowest BCUT2D eigenvalue weighted by molar-refractivity contribution is 0.284. The van der Waals surface area contributed by atoms with Gasteiger partial charge >= 0.3 is 0 Å². The molecule has 0 aliphatic carbocycles. The molecule has 25 heavy (non-hydrogen) atoms. The Morgan fingerprint density at radius 1 is 0.840 bits per heavy atom. The van der Waals surface area contributed by atoms with E-state index in [0.717, 1.165) is 29.1 Å². The fourth-order valence-corrected chi connectivity index (χ4v) is 2.70. The Labute approximate surface area is 153 Å². The first-order chi connectivity index (χ1) is 12.2. The van der Waals surface area contributed by atoms with Gasteiger partial charge in [-0.1, -0.05) is 48.0 Å². The summed E-state index contributed by atoms with van der Waals surface area (Å²) in [5.74, 6) is 1.43. The molecule has 3 rings (SSSR count). The van der Waals surface area contributed by atoms with Crippen LogP contribution in [0, 0.1) is 0 Å². The number of ether oxygens (including phenoxy) is 2. The Balaban J connectivity index is 1.65. The summed E-state index contributed by atoms with van der Waals surface area (Å²) in [6, 6.07) is 23.7. The van der Waals surface area contributed by atoms with Gasteiger partial charge in [0, 0.05) is 17.3 Å². The van der Waals surface area contributed by atoms with Crippen molar-refractivity contribution < 1.29 is 9.47 Å². The second-order valence-corrected chi connectivity index (χ2v) is 6.06. The van der Waals surface area contributed by atoms with E-state index in [9.17, 15) is 0 Å². The normalized spacial score (nSPS) is 10.3. The van der Waals surface area contributed by atoms with Crippen LogP contribution >= 0.6 is 11.6 Å². The molecule has 3 aromatic rings. The number of methoxy groups -OCH3 is 1. The number of anilines is 1. The molecule has 0 unspecified atom stereocenters. The average molecular weight is 354 g/mol. The number of benzene rings is 3. The molecule has 0 atom stereocenters. The third kappa shape index (κ3) is 4.91. The average Bonchev–Trinajstić information content (AvgIpc) is 2.66. The van der Waals surface area contributed by atoms with Crippen LogP contribution in [0.3, 0.4) is 0 Å². The summed E-state index contributed by atoms with van der Waals surface area (Å²) in [7, 11) is 1.65. The van der Waals surface area contributed by atoms with Crippen LogP contribution in [0.2, 0.25) is 5.02 Å². The molecule has 0 radical (unpaired) electrons. The lowest BCUT2D eigenvalue weighted by atomic mass is 10.2. The van der Waals surface area contributed by atoms with Gasteiger partial charge in [-0.2, -0.15) is 0 Å². The first-order valence-electron chi connectivity index (χ1n) is 8.07. The SMILES string of the molecule is COc1cc(CNc2ccccc2)ccc1OCc1cccc(Cl)c1. The lowest BCUT2D eigenvalue weighted by Gasteiger charge is -2.13. The van der Waals surface area contributed by atoms with Gasteiger partial charge in [0.15, 0.2) is 11.5 Å². The monoisotopic (exact) mass is 353 g/mol. The predicted octanol–water partition coefficient (Wildman–Crippen LogP) is 5.54. The highest BCUT2D eigenvalue weighted by Crippen LogP contribution is 2.29. The smallest absolute Gasteiger partial charge is 0.161 e. The predicted molar refractivity (Wildman–Crippen MR) is 103 cm³/mol. The largest absolute Gasteiger partial charge is 0.493 e. The molecule has 1 N–H and O–H groups in total. The van der Waals surface area contributed by atoms with Gasteiger partial charge in [0.2, 0.25) is 0 Å². The Bertz CT molecular complexity index is 821. The van der Waals surface area contributed by atoms with Crippen LogP contribution in [0.4, 0.5) is 5.69 Å². The molecule has 0 saturated carbocycles. The van der Waals surface area contributed by atoms with Crippen molar-refractivity contribution in [2.45, 2.75) is 13.2 Å². The lowest BCUT2D eigenvalue weighted by Crippen LogP contribution is -2.01. The van der Waals surface area contributed by atoms with Crippen molar-refractivity contribution in [1.29, 1.82) is 0 Å². The van der Waals surface area contributed by atoms with Crippen LogP contribution in [-0.4, -0.2) is 7.11 Å². The van der Waals surface area contributed by atoms with Gasteiger partial charge in [-0.05, 0) is 47.5 Å². The van der Waals surface area contributed by atoms with Crippen molar-refractivity contribution in [3.05, 3.63) is 88.9 Å². The van der Waals surface area contributed by atoms with E-state index in [-0.39, 0.29) is 0 Å². The molecule has 0 bridgehead atoms.